The Balaban J connectivity index is 2.32. The molecule has 2 heteroatoms. The molecule has 18 heavy (non-hydrogen) atoms. The monoisotopic (exact) mass is 246 g/mol. The third-order valence-electron chi connectivity index (χ3n) is 4.75. The third kappa shape index (κ3) is 2.45. The predicted molar refractivity (Wildman–Crippen MR) is 78.3 cm³/mol. The molecular formula is C16H26N2. The molecule has 0 radical (unpaired) electrons. The summed E-state index contributed by atoms with van der Waals surface area (Å²) >= 11 is 0. The summed E-state index contributed by atoms with van der Waals surface area (Å²) in [6.07, 6.45) is 0. The highest BCUT2D eigenvalue weighted by Crippen LogP contribution is 2.27. The van der Waals surface area contributed by atoms with Crippen molar-refractivity contribution >= 4 is 0 Å². The van der Waals surface area contributed by atoms with Gasteiger partial charge in [0.1, 0.15) is 0 Å². The van der Waals surface area contributed by atoms with E-state index in [0.717, 1.165) is 19.6 Å². The fourth-order valence-electron chi connectivity index (χ4n) is 2.91. The average molecular weight is 246 g/mol. The summed E-state index contributed by atoms with van der Waals surface area (Å²) in [5, 5.41) is 3.42. The molecule has 1 aromatic rings. The van der Waals surface area contributed by atoms with E-state index in [0.29, 0.717) is 0 Å². The third-order valence-corrected chi connectivity index (χ3v) is 4.75. The van der Waals surface area contributed by atoms with Crippen molar-refractivity contribution in [2.45, 2.75) is 41.2 Å². The van der Waals surface area contributed by atoms with Gasteiger partial charge in [0.15, 0.2) is 0 Å². The van der Waals surface area contributed by atoms with Crippen molar-refractivity contribution in [3.8, 4) is 0 Å². The number of hydrogen-bond donors (Lipinski definition) is 1. The van der Waals surface area contributed by atoms with E-state index < -0.39 is 0 Å². The summed E-state index contributed by atoms with van der Waals surface area (Å²) in [5.41, 5.74) is 8.96. The molecule has 0 aliphatic carbocycles. The van der Waals surface area contributed by atoms with Crippen molar-refractivity contribution in [2.24, 2.45) is 0 Å². The van der Waals surface area contributed by atoms with E-state index in [9.17, 15) is 0 Å². The van der Waals surface area contributed by atoms with Gasteiger partial charge in [0.05, 0.1) is 0 Å². The first-order valence-corrected chi connectivity index (χ1v) is 7.01. The number of piperazine rings is 1. The van der Waals surface area contributed by atoms with Crippen molar-refractivity contribution in [2.75, 3.05) is 26.2 Å². The van der Waals surface area contributed by atoms with Gasteiger partial charge < -0.3 is 5.32 Å². The highest BCUT2D eigenvalue weighted by molar-refractivity contribution is 5.49. The molecule has 2 nitrogen and oxygen atoms in total. The van der Waals surface area contributed by atoms with E-state index >= 15 is 0 Å². The Labute approximate surface area is 111 Å². The smallest absolute Gasteiger partial charge is 0.0240 e. The van der Waals surface area contributed by atoms with E-state index in [-0.39, 0.29) is 0 Å². The first kappa shape index (κ1) is 13.6. The summed E-state index contributed by atoms with van der Waals surface area (Å²) in [4.78, 5) is 2.57. The van der Waals surface area contributed by atoms with Crippen molar-refractivity contribution in [3.05, 3.63) is 33.4 Å². The van der Waals surface area contributed by atoms with Crippen LogP contribution in [0.4, 0.5) is 0 Å². The molecule has 1 N–H and O–H groups in total. The molecule has 0 unspecified atom stereocenters. The van der Waals surface area contributed by atoms with Crippen LogP contribution in [-0.2, 0) is 6.54 Å². The first-order valence-electron chi connectivity index (χ1n) is 7.01. The van der Waals surface area contributed by atoms with Crippen LogP contribution in [0.3, 0.4) is 0 Å². The Morgan fingerprint density at radius 1 is 0.778 bits per heavy atom. The molecule has 0 aromatic heterocycles. The van der Waals surface area contributed by atoms with Gasteiger partial charge in [-0.05, 0) is 68.0 Å². The van der Waals surface area contributed by atoms with Crippen molar-refractivity contribution < 1.29 is 0 Å². The Hall–Kier alpha value is -0.860. The van der Waals surface area contributed by atoms with Gasteiger partial charge in [-0.1, -0.05) is 0 Å². The van der Waals surface area contributed by atoms with E-state index in [1.54, 1.807) is 5.56 Å². The summed E-state index contributed by atoms with van der Waals surface area (Å²) < 4.78 is 0. The molecule has 2 rings (SSSR count). The molecule has 1 aliphatic heterocycles. The lowest BCUT2D eigenvalue weighted by atomic mass is 9.89. The number of nitrogens with one attached hydrogen (secondary N) is 1. The summed E-state index contributed by atoms with van der Waals surface area (Å²) in [6, 6.07) is 0. The number of hydrogen-bond acceptors (Lipinski definition) is 2. The molecule has 0 atom stereocenters. The van der Waals surface area contributed by atoms with Crippen LogP contribution in [0.1, 0.15) is 33.4 Å². The van der Waals surface area contributed by atoms with Crippen LogP contribution < -0.4 is 5.32 Å². The molecule has 1 aliphatic rings. The van der Waals surface area contributed by atoms with Gasteiger partial charge in [0, 0.05) is 32.7 Å². The van der Waals surface area contributed by atoms with E-state index in [4.69, 9.17) is 0 Å². The number of nitrogens with zero attached hydrogens (tertiary/aromatic N) is 1. The van der Waals surface area contributed by atoms with Crippen LogP contribution in [0.15, 0.2) is 0 Å². The molecule has 100 valence electrons. The fourth-order valence-corrected chi connectivity index (χ4v) is 2.91. The average Bonchev–Trinajstić information content (AvgIpc) is 2.40. The van der Waals surface area contributed by atoms with Gasteiger partial charge in [-0.25, -0.2) is 0 Å². The lowest BCUT2D eigenvalue weighted by Crippen LogP contribution is -2.43. The Kier molecular flexibility index (Phi) is 4.08. The van der Waals surface area contributed by atoms with E-state index in [1.807, 2.05) is 0 Å². The van der Waals surface area contributed by atoms with Crippen LogP contribution in [0, 0.1) is 34.6 Å². The summed E-state index contributed by atoms with van der Waals surface area (Å²) in [7, 11) is 0. The van der Waals surface area contributed by atoms with Gasteiger partial charge in [-0.2, -0.15) is 0 Å². The molecule has 0 saturated carbocycles. The fraction of sp³-hybridized carbons (Fsp3) is 0.625. The van der Waals surface area contributed by atoms with Crippen molar-refractivity contribution in [3.63, 3.8) is 0 Å². The molecule has 0 bridgehead atoms. The second-order valence-electron chi connectivity index (χ2n) is 5.63. The van der Waals surface area contributed by atoms with Crippen LogP contribution in [0.2, 0.25) is 0 Å². The molecule has 1 saturated heterocycles. The number of rotatable bonds is 2. The van der Waals surface area contributed by atoms with E-state index in [2.05, 4.69) is 44.8 Å². The maximum atomic E-state index is 3.42. The first-order chi connectivity index (χ1) is 8.52. The molecule has 1 fully saturated rings. The zero-order valence-corrected chi connectivity index (χ0v) is 12.5. The Bertz CT molecular complexity index is 414. The topological polar surface area (TPSA) is 15.3 Å². The molecular weight excluding hydrogens is 220 g/mol. The molecule has 1 heterocycles. The quantitative estimate of drug-likeness (QED) is 0.863. The zero-order valence-electron chi connectivity index (χ0n) is 12.5. The van der Waals surface area contributed by atoms with Gasteiger partial charge in [0.2, 0.25) is 0 Å². The number of benzene rings is 1. The highest BCUT2D eigenvalue weighted by atomic mass is 15.2. The van der Waals surface area contributed by atoms with Crippen molar-refractivity contribution in [1.29, 1.82) is 0 Å². The largest absolute Gasteiger partial charge is 0.314 e. The maximum Gasteiger partial charge on any atom is 0.0240 e. The lowest BCUT2D eigenvalue weighted by molar-refractivity contribution is 0.232. The SMILES string of the molecule is Cc1c(C)c(C)c(CN2CCNCC2)c(C)c1C. The van der Waals surface area contributed by atoms with Crippen LogP contribution in [0.25, 0.3) is 0 Å². The molecule has 1 aromatic carbocycles. The molecule has 0 amide bonds. The Morgan fingerprint density at radius 3 is 1.72 bits per heavy atom. The van der Waals surface area contributed by atoms with E-state index in [1.165, 1.54) is 40.9 Å². The van der Waals surface area contributed by atoms with Crippen molar-refractivity contribution in [1.82, 2.24) is 10.2 Å². The Morgan fingerprint density at radius 2 is 1.22 bits per heavy atom. The van der Waals surface area contributed by atoms with Crippen LogP contribution >= 0.6 is 0 Å². The zero-order chi connectivity index (χ0) is 13.3. The van der Waals surface area contributed by atoms with Gasteiger partial charge in [0.25, 0.3) is 0 Å². The standard InChI is InChI=1S/C16H26N2/c1-11-12(2)14(4)16(15(5)13(11)3)10-18-8-6-17-7-9-18/h17H,6-10H2,1-5H3. The second kappa shape index (κ2) is 5.41. The summed E-state index contributed by atoms with van der Waals surface area (Å²) in [6.45, 7) is 17.1. The lowest BCUT2D eigenvalue weighted by Gasteiger charge is -2.29. The normalized spacial score (nSPS) is 17.2. The highest BCUT2D eigenvalue weighted by Gasteiger charge is 2.16. The predicted octanol–water partition coefficient (Wildman–Crippen LogP) is 2.63. The van der Waals surface area contributed by atoms with Gasteiger partial charge >= 0.3 is 0 Å². The van der Waals surface area contributed by atoms with Gasteiger partial charge in [-0.15, -0.1) is 0 Å². The van der Waals surface area contributed by atoms with Crippen LogP contribution in [-0.4, -0.2) is 31.1 Å². The van der Waals surface area contributed by atoms with Gasteiger partial charge in [-0.3, -0.25) is 4.90 Å². The summed E-state index contributed by atoms with van der Waals surface area (Å²) in [5.74, 6) is 0. The second-order valence-corrected chi connectivity index (χ2v) is 5.63. The minimum atomic E-state index is 1.11. The minimum absolute atomic E-state index is 1.11. The molecule has 0 spiro atoms. The maximum absolute atomic E-state index is 3.42. The minimum Gasteiger partial charge on any atom is -0.314 e. The van der Waals surface area contributed by atoms with Crippen LogP contribution in [0.5, 0.6) is 0 Å².